The van der Waals surface area contributed by atoms with Crippen LogP contribution >= 0.6 is 0 Å². The smallest absolute Gasteiger partial charge is 0.291 e. The van der Waals surface area contributed by atoms with Crippen molar-refractivity contribution >= 4 is 5.91 Å². The van der Waals surface area contributed by atoms with Crippen LogP contribution in [0, 0.1) is 0 Å². The molecule has 1 amide bonds. The molecule has 7 nitrogen and oxygen atoms in total. The third kappa shape index (κ3) is 2.49. The normalized spacial score (nSPS) is 12.4. The van der Waals surface area contributed by atoms with Gasteiger partial charge in [0.2, 0.25) is 5.82 Å². The van der Waals surface area contributed by atoms with Crippen LogP contribution in [0.4, 0.5) is 0 Å². The summed E-state index contributed by atoms with van der Waals surface area (Å²) in [7, 11) is 0. The Kier molecular flexibility index (Phi) is 3.17. The van der Waals surface area contributed by atoms with E-state index in [-0.39, 0.29) is 17.8 Å². The molecule has 7 heteroatoms. The standard InChI is InChI=1S/C10H14N6O/c1-3-7-14-9(16-15-7)10(17)13-6(2)8-11-4-5-12-8/h4-6H,3H2,1-2H3,(H,11,12)(H,13,17)(H,14,15,16). The fourth-order valence-corrected chi connectivity index (χ4v) is 1.40. The molecule has 1 unspecified atom stereocenters. The highest BCUT2D eigenvalue weighted by atomic mass is 16.2. The summed E-state index contributed by atoms with van der Waals surface area (Å²) in [5.74, 6) is 1.23. The van der Waals surface area contributed by atoms with Crippen molar-refractivity contribution in [2.24, 2.45) is 0 Å². The molecule has 90 valence electrons. The van der Waals surface area contributed by atoms with Crippen molar-refractivity contribution in [2.75, 3.05) is 0 Å². The van der Waals surface area contributed by atoms with Crippen molar-refractivity contribution in [3.63, 3.8) is 0 Å². The van der Waals surface area contributed by atoms with Gasteiger partial charge in [-0.2, -0.15) is 0 Å². The van der Waals surface area contributed by atoms with Gasteiger partial charge < -0.3 is 10.3 Å². The lowest BCUT2D eigenvalue weighted by molar-refractivity contribution is 0.0928. The molecule has 0 aliphatic carbocycles. The molecule has 0 fully saturated rings. The molecule has 0 saturated carbocycles. The Morgan fingerprint density at radius 3 is 3.00 bits per heavy atom. The number of nitrogens with zero attached hydrogens (tertiary/aromatic N) is 3. The number of imidazole rings is 1. The number of nitrogens with one attached hydrogen (secondary N) is 3. The second-order valence-corrected chi connectivity index (χ2v) is 3.63. The summed E-state index contributed by atoms with van der Waals surface area (Å²) in [4.78, 5) is 22.8. The summed E-state index contributed by atoms with van der Waals surface area (Å²) in [5.41, 5.74) is 0. The number of H-pyrrole nitrogens is 2. The Morgan fingerprint density at radius 2 is 2.41 bits per heavy atom. The van der Waals surface area contributed by atoms with E-state index >= 15 is 0 Å². The van der Waals surface area contributed by atoms with Crippen LogP contribution in [0.3, 0.4) is 0 Å². The van der Waals surface area contributed by atoms with Crippen molar-refractivity contribution in [1.29, 1.82) is 0 Å². The zero-order valence-electron chi connectivity index (χ0n) is 9.69. The van der Waals surface area contributed by atoms with E-state index in [4.69, 9.17) is 0 Å². The quantitative estimate of drug-likeness (QED) is 0.720. The summed E-state index contributed by atoms with van der Waals surface area (Å²) >= 11 is 0. The number of aryl methyl sites for hydroxylation is 1. The summed E-state index contributed by atoms with van der Waals surface area (Å²) in [6.45, 7) is 3.78. The van der Waals surface area contributed by atoms with Crippen molar-refractivity contribution in [3.8, 4) is 0 Å². The molecule has 0 spiro atoms. The molecule has 1 atom stereocenters. The van der Waals surface area contributed by atoms with Gasteiger partial charge in [-0.1, -0.05) is 6.92 Å². The van der Waals surface area contributed by atoms with Gasteiger partial charge in [0, 0.05) is 18.8 Å². The molecule has 0 aromatic carbocycles. The number of carbonyl (C=O) groups is 1. The van der Waals surface area contributed by atoms with E-state index in [0.717, 1.165) is 0 Å². The number of carbonyl (C=O) groups excluding carboxylic acids is 1. The minimum atomic E-state index is -0.315. The number of amides is 1. The van der Waals surface area contributed by atoms with Crippen LogP contribution in [0.1, 0.15) is 42.2 Å². The molecule has 0 aliphatic heterocycles. The number of rotatable bonds is 4. The number of aromatic amines is 2. The predicted molar refractivity (Wildman–Crippen MR) is 60.2 cm³/mol. The summed E-state index contributed by atoms with van der Waals surface area (Å²) in [5, 5.41) is 9.30. The highest BCUT2D eigenvalue weighted by Gasteiger charge is 2.16. The predicted octanol–water partition coefficient (Wildman–Crippen LogP) is 0.581. The average molecular weight is 234 g/mol. The average Bonchev–Trinajstić information content (AvgIpc) is 3.00. The Bertz CT molecular complexity index is 489. The van der Waals surface area contributed by atoms with E-state index in [1.807, 2.05) is 13.8 Å². The van der Waals surface area contributed by atoms with Gasteiger partial charge >= 0.3 is 0 Å². The first kappa shape index (κ1) is 11.3. The lowest BCUT2D eigenvalue weighted by Crippen LogP contribution is -2.28. The Labute approximate surface area is 98.1 Å². The molecule has 2 aromatic heterocycles. The fourth-order valence-electron chi connectivity index (χ4n) is 1.40. The number of hydrogen-bond donors (Lipinski definition) is 3. The Hall–Kier alpha value is -2.18. The molecule has 2 aromatic rings. The highest BCUT2D eigenvalue weighted by Crippen LogP contribution is 2.06. The summed E-state index contributed by atoms with van der Waals surface area (Å²) in [6, 6.07) is -0.207. The van der Waals surface area contributed by atoms with E-state index in [2.05, 4.69) is 30.5 Å². The first-order valence-corrected chi connectivity index (χ1v) is 5.42. The van der Waals surface area contributed by atoms with Gasteiger partial charge in [0.25, 0.3) is 5.91 Å². The molecule has 17 heavy (non-hydrogen) atoms. The third-order valence-electron chi connectivity index (χ3n) is 2.35. The first-order chi connectivity index (χ1) is 8.20. The van der Waals surface area contributed by atoms with Gasteiger partial charge in [0.05, 0.1) is 6.04 Å². The van der Waals surface area contributed by atoms with E-state index in [9.17, 15) is 4.79 Å². The van der Waals surface area contributed by atoms with Crippen LogP contribution in [0.5, 0.6) is 0 Å². The van der Waals surface area contributed by atoms with Gasteiger partial charge in [-0.3, -0.25) is 9.89 Å². The van der Waals surface area contributed by atoms with Gasteiger partial charge in [0.1, 0.15) is 11.6 Å². The van der Waals surface area contributed by atoms with Crippen molar-refractivity contribution in [2.45, 2.75) is 26.3 Å². The fraction of sp³-hybridized carbons (Fsp3) is 0.400. The maximum absolute atomic E-state index is 11.8. The Balaban J connectivity index is 2.01. The van der Waals surface area contributed by atoms with E-state index in [1.165, 1.54) is 0 Å². The monoisotopic (exact) mass is 234 g/mol. The van der Waals surface area contributed by atoms with Crippen molar-refractivity contribution in [3.05, 3.63) is 29.9 Å². The van der Waals surface area contributed by atoms with Crippen LogP contribution in [0.25, 0.3) is 0 Å². The van der Waals surface area contributed by atoms with Gasteiger partial charge in [-0.05, 0) is 6.92 Å². The maximum atomic E-state index is 11.8. The van der Waals surface area contributed by atoms with E-state index < -0.39 is 0 Å². The Morgan fingerprint density at radius 1 is 1.59 bits per heavy atom. The second-order valence-electron chi connectivity index (χ2n) is 3.63. The minimum Gasteiger partial charge on any atom is -0.347 e. The molecule has 0 radical (unpaired) electrons. The van der Waals surface area contributed by atoms with Crippen LogP contribution in [-0.2, 0) is 6.42 Å². The number of aromatic nitrogens is 5. The van der Waals surface area contributed by atoms with Gasteiger partial charge in [0.15, 0.2) is 0 Å². The molecule has 0 aliphatic rings. The maximum Gasteiger partial charge on any atom is 0.291 e. The van der Waals surface area contributed by atoms with Crippen molar-refractivity contribution in [1.82, 2.24) is 30.5 Å². The third-order valence-corrected chi connectivity index (χ3v) is 2.35. The molecule has 3 N–H and O–H groups in total. The molecule has 0 bridgehead atoms. The van der Waals surface area contributed by atoms with Crippen LogP contribution < -0.4 is 5.32 Å². The molecule has 2 rings (SSSR count). The zero-order chi connectivity index (χ0) is 12.3. The highest BCUT2D eigenvalue weighted by molar-refractivity contribution is 5.90. The lowest BCUT2D eigenvalue weighted by Gasteiger charge is -2.09. The summed E-state index contributed by atoms with van der Waals surface area (Å²) < 4.78 is 0. The molecular weight excluding hydrogens is 220 g/mol. The topological polar surface area (TPSA) is 99.3 Å². The molecule has 2 heterocycles. The SMILES string of the molecule is CCc1nc(C(=O)NC(C)c2ncc[nH]2)n[nH]1. The lowest BCUT2D eigenvalue weighted by atomic mass is 10.3. The molecule has 0 saturated heterocycles. The minimum absolute atomic E-state index is 0.153. The molecular formula is C10H14N6O. The zero-order valence-corrected chi connectivity index (χ0v) is 9.69. The summed E-state index contributed by atoms with van der Waals surface area (Å²) in [6.07, 6.45) is 4.06. The van der Waals surface area contributed by atoms with Crippen LogP contribution in [-0.4, -0.2) is 31.1 Å². The number of hydrogen-bond acceptors (Lipinski definition) is 4. The van der Waals surface area contributed by atoms with Gasteiger partial charge in [-0.15, -0.1) is 5.10 Å². The van der Waals surface area contributed by atoms with Crippen molar-refractivity contribution < 1.29 is 4.79 Å². The van der Waals surface area contributed by atoms with Crippen LogP contribution in [0.15, 0.2) is 12.4 Å². The van der Waals surface area contributed by atoms with Gasteiger partial charge in [-0.25, -0.2) is 9.97 Å². The van der Waals surface area contributed by atoms with E-state index in [0.29, 0.717) is 18.1 Å². The van der Waals surface area contributed by atoms with E-state index in [1.54, 1.807) is 12.4 Å². The largest absolute Gasteiger partial charge is 0.347 e. The second kappa shape index (κ2) is 4.77. The first-order valence-electron chi connectivity index (χ1n) is 5.42. The van der Waals surface area contributed by atoms with Crippen LogP contribution in [0.2, 0.25) is 0 Å².